The quantitative estimate of drug-likeness (QED) is 0.128. The zero-order chi connectivity index (χ0) is 18.0. The van der Waals surface area contributed by atoms with Crippen molar-refractivity contribution in [2.45, 2.75) is 6.42 Å². The van der Waals surface area contributed by atoms with Crippen molar-refractivity contribution in [2.24, 2.45) is 5.73 Å². The summed E-state index contributed by atoms with van der Waals surface area (Å²) in [6, 6.07) is 0. The van der Waals surface area contributed by atoms with Gasteiger partial charge in [-0.2, -0.15) is 0 Å². The molecule has 0 amide bonds. The smallest absolute Gasteiger partial charge is 0.317 e. The molecular weight excluding hydrogens is 358 g/mol. The first-order chi connectivity index (χ1) is 10.1. The second kappa shape index (κ2) is 22.4. The van der Waals surface area contributed by atoms with Crippen molar-refractivity contribution in [1.82, 2.24) is 10.6 Å². The van der Waals surface area contributed by atoms with Crippen LogP contribution in [0, 0.1) is 6.92 Å². The first-order valence-corrected chi connectivity index (χ1v) is 5.95. The SMILES string of the molecule is NCC(=O)O.O=C(O)CNCCCNCC(=O)O.[CH2-]C(=O)O.[Fe]. The van der Waals surface area contributed by atoms with Crippen LogP contribution in [0.4, 0.5) is 0 Å². The predicted molar refractivity (Wildman–Crippen MR) is 75.3 cm³/mol. The zero-order valence-electron chi connectivity index (χ0n) is 12.3. The molecule has 0 unspecified atom stereocenters. The molecule has 0 radical (unpaired) electrons. The van der Waals surface area contributed by atoms with Crippen molar-refractivity contribution in [3.8, 4) is 0 Å². The Labute approximate surface area is 143 Å². The fourth-order valence-electron chi connectivity index (χ4n) is 0.729. The van der Waals surface area contributed by atoms with E-state index >= 15 is 0 Å². The summed E-state index contributed by atoms with van der Waals surface area (Å²) in [7, 11) is 0. The largest absolute Gasteiger partial charge is 0.503 e. The van der Waals surface area contributed by atoms with Crippen molar-refractivity contribution in [3.05, 3.63) is 6.92 Å². The molecule has 23 heavy (non-hydrogen) atoms. The van der Waals surface area contributed by atoms with Crippen molar-refractivity contribution < 1.29 is 56.7 Å². The Bertz CT molecular complexity index is 319. The van der Waals surface area contributed by atoms with Crippen molar-refractivity contribution in [3.63, 3.8) is 0 Å². The van der Waals surface area contributed by atoms with Crippen LogP contribution in [-0.2, 0) is 36.2 Å². The van der Waals surface area contributed by atoms with Gasteiger partial charge in [0.25, 0.3) is 0 Å². The number of hydrogen-bond donors (Lipinski definition) is 7. The minimum atomic E-state index is -1.08. The molecule has 0 fully saturated rings. The number of carboxylic acid groups (broad SMARTS) is 4. The number of nitrogens with two attached hydrogens (primary N) is 1. The molecule has 11 nitrogen and oxygen atoms in total. The van der Waals surface area contributed by atoms with Crippen LogP contribution >= 0.6 is 0 Å². The first kappa shape index (κ1) is 29.2. The van der Waals surface area contributed by atoms with Gasteiger partial charge in [0.05, 0.1) is 19.6 Å². The number of nitrogens with one attached hydrogen (secondary N) is 2. The standard InChI is InChI=1S/C7H14N2O4.C2H5NO2.C2H3O2.Fe/c10-6(11)4-8-2-1-3-9-5-7(12)13;3-1-2(4)5;1-2(3)4;/h8-9H,1-5H2,(H,10,11)(H,12,13);1,3H2,(H,4,5);1H2,(H,3,4);/q;;-1;. The minimum absolute atomic E-state index is 0. The Morgan fingerprint density at radius 2 is 1.09 bits per heavy atom. The maximum atomic E-state index is 10.0. The predicted octanol–water partition coefficient (Wildman–Crippen LogP) is -2.34. The summed E-state index contributed by atoms with van der Waals surface area (Å²) in [6.07, 6.45) is 0.709. The molecule has 0 bridgehead atoms. The third-order valence-electron chi connectivity index (χ3n) is 1.43. The second-order valence-corrected chi connectivity index (χ2v) is 3.49. The third kappa shape index (κ3) is 64.4. The van der Waals surface area contributed by atoms with E-state index in [1.165, 1.54) is 0 Å². The van der Waals surface area contributed by atoms with Crippen LogP contribution in [0.15, 0.2) is 0 Å². The van der Waals surface area contributed by atoms with Gasteiger partial charge in [0, 0.05) is 17.1 Å². The van der Waals surface area contributed by atoms with E-state index in [2.05, 4.69) is 23.3 Å². The molecule has 0 aromatic heterocycles. The summed E-state index contributed by atoms with van der Waals surface area (Å²) in [5, 5.41) is 36.7. The fourth-order valence-corrected chi connectivity index (χ4v) is 0.729. The molecule has 0 heterocycles. The Morgan fingerprint density at radius 1 is 0.826 bits per heavy atom. The fraction of sp³-hybridized carbons (Fsp3) is 0.545. The van der Waals surface area contributed by atoms with E-state index in [1.54, 1.807) is 0 Å². The number of aliphatic carboxylic acids is 4. The van der Waals surface area contributed by atoms with Gasteiger partial charge >= 0.3 is 17.9 Å². The van der Waals surface area contributed by atoms with Gasteiger partial charge in [-0.3, -0.25) is 26.1 Å². The van der Waals surface area contributed by atoms with Crippen LogP contribution in [0.1, 0.15) is 6.42 Å². The molecule has 0 aromatic carbocycles. The van der Waals surface area contributed by atoms with E-state index in [9.17, 15) is 14.4 Å². The molecule has 12 heteroatoms. The van der Waals surface area contributed by atoms with Crippen LogP contribution < -0.4 is 16.4 Å². The van der Waals surface area contributed by atoms with Crippen molar-refractivity contribution in [1.29, 1.82) is 0 Å². The summed E-state index contributed by atoms with van der Waals surface area (Å²) < 4.78 is 0. The second-order valence-electron chi connectivity index (χ2n) is 3.49. The van der Waals surface area contributed by atoms with E-state index in [4.69, 9.17) is 25.2 Å². The van der Waals surface area contributed by atoms with Crippen LogP contribution in [0.3, 0.4) is 0 Å². The number of hydrogen-bond acceptors (Lipinski definition) is 7. The molecule has 138 valence electrons. The molecule has 0 aliphatic carbocycles. The molecule has 8 N–H and O–H groups in total. The van der Waals surface area contributed by atoms with Crippen LogP contribution in [0.2, 0.25) is 0 Å². The molecule has 0 aliphatic heterocycles. The van der Waals surface area contributed by atoms with Crippen molar-refractivity contribution >= 4 is 23.9 Å². The average molecular weight is 380 g/mol. The summed E-state index contributed by atoms with van der Waals surface area (Å²) >= 11 is 0. The van der Waals surface area contributed by atoms with E-state index < -0.39 is 23.9 Å². The Hall–Kier alpha value is -1.85. The van der Waals surface area contributed by atoms with Gasteiger partial charge in [0.2, 0.25) is 0 Å². The Morgan fingerprint density at radius 3 is 1.26 bits per heavy atom. The van der Waals surface area contributed by atoms with Gasteiger partial charge in [-0.15, -0.1) is 0 Å². The molecule has 0 saturated heterocycles. The number of rotatable bonds is 9. The van der Waals surface area contributed by atoms with Gasteiger partial charge in [0.1, 0.15) is 0 Å². The van der Waals surface area contributed by atoms with Crippen LogP contribution in [0.5, 0.6) is 0 Å². The van der Waals surface area contributed by atoms with Gasteiger partial charge in [-0.05, 0) is 19.5 Å². The number of carbonyl (C=O) groups is 4. The molecule has 0 atom stereocenters. The van der Waals surface area contributed by atoms with Gasteiger partial charge < -0.3 is 36.8 Å². The van der Waals surface area contributed by atoms with Gasteiger partial charge in [-0.25, -0.2) is 0 Å². The van der Waals surface area contributed by atoms with Crippen molar-refractivity contribution in [2.75, 3.05) is 32.7 Å². The zero-order valence-corrected chi connectivity index (χ0v) is 13.4. The van der Waals surface area contributed by atoms with Gasteiger partial charge in [0.15, 0.2) is 5.97 Å². The molecular formula is C11H22FeN3O8-. The minimum Gasteiger partial charge on any atom is -0.503 e. The van der Waals surface area contributed by atoms with E-state index in [-0.39, 0.29) is 36.7 Å². The Balaban J connectivity index is -0.000000150. The molecule has 0 spiro atoms. The maximum Gasteiger partial charge on any atom is 0.317 e. The molecule has 0 aromatic rings. The summed E-state index contributed by atoms with van der Waals surface area (Å²) in [5.74, 6) is -3.83. The molecule has 0 rings (SSSR count). The van der Waals surface area contributed by atoms with E-state index in [1.807, 2.05) is 0 Å². The summed E-state index contributed by atoms with van der Waals surface area (Å²) in [6.45, 7) is 3.30. The number of carboxylic acids is 4. The topological polar surface area (TPSA) is 199 Å². The van der Waals surface area contributed by atoms with Gasteiger partial charge in [-0.1, -0.05) is 0 Å². The molecule has 0 saturated carbocycles. The summed E-state index contributed by atoms with van der Waals surface area (Å²) in [4.78, 5) is 38.2. The monoisotopic (exact) mass is 380 g/mol. The van der Waals surface area contributed by atoms with E-state index in [0.29, 0.717) is 19.5 Å². The van der Waals surface area contributed by atoms with E-state index in [0.717, 1.165) is 0 Å². The maximum absolute atomic E-state index is 10.0. The third-order valence-corrected chi connectivity index (χ3v) is 1.43. The summed E-state index contributed by atoms with van der Waals surface area (Å²) in [5.41, 5.74) is 4.57. The normalized spacial score (nSPS) is 8.22. The Kier molecular flexibility index (Phi) is 28.5. The average Bonchev–Trinajstić information content (AvgIpc) is 2.37. The molecule has 0 aliphatic rings. The van der Waals surface area contributed by atoms with Crippen LogP contribution in [-0.4, -0.2) is 77.0 Å². The first-order valence-electron chi connectivity index (χ1n) is 5.95. The van der Waals surface area contributed by atoms with Crippen LogP contribution in [0.25, 0.3) is 0 Å².